The van der Waals surface area contributed by atoms with Crippen molar-refractivity contribution in [1.29, 1.82) is 0 Å². The molecule has 8 nitrogen and oxygen atoms in total. The molecule has 0 bridgehead atoms. The lowest BCUT2D eigenvalue weighted by molar-refractivity contribution is -0.384. The number of hydrogen-bond acceptors (Lipinski definition) is 5. The van der Waals surface area contributed by atoms with Crippen LogP contribution in [-0.4, -0.2) is 36.4 Å². The lowest BCUT2D eigenvalue weighted by Gasteiger charge is -2.32. The number of amides is 2. The minimum Gasteiger partial charge on any atom is -0.366 e. The van der Waals surface area contributed by atoms with Crippen LogP contribution in [0.3, 0.4) is 0 Å². The molecule has 1 fully saturated rings. The average molecular weight is 436 g/mol. The molecule has 0 saturated carbocycles. The molecular formula is C20H19F3N4O4. The lowest BCUT2D eigenvalue weighted by Crippen LogP contribution is -2.42. The maximum atomic E-state index is 13.6. The van der Waals surface area contributed by atoms with E-state index in [0.717, 1.165) is 6.07 Å². The zero-order valence-corrected chi connectivity index (χ0v) is 16.2. The quantitative estimate of drug-likeness (QED) is 0.412. The molecule has 2 aromatic carbocycles. The Bertz CT molecular complexity index is 1010. The number of halogens is 3. The molecule has 3 rings (SSSR count). The molecule has 1 aliphatic heterocycles. The van der Waals surface area contributed by atoms with Gasteiger partial charge in [-0.3, -0.25) is 19.7 Å². The Morgan fingerprint density at radius 2 is 1.74 bits per heavy atom. The highest BCUT2D eigenvalue weighted by Gasteiger charge is 2.28. The van der Waals surface area contributed by atoms with E-state index in [1.807, 2.05) is 4.90 Å². The van der Waals surface area contributed by atoms with Crippen LogP contribution in [0.4, 0.5) is 30.2 Å². The Morgan fingerprint density at radius 3 is 2.42 bits per heavy atom. The van der Waals surface area contributed by atoms with Crippen LogP contribution in [0.25, 0.3) is 0 Å². The van der Waals surface area contributed by atoms with Gasteiger partial charge in [0.25, 0.3) is 5.69 Å². The summed E-state index contributed by atoms with van der Waals surface area (Å²) in [6.45, 7) is 0.381. The van der Waals surface area contributed by atoms with E-state index in [1.165, 1.54) is 6.07 Å². The first-order valence-electron chi connectivity index (χ1n) is 9.47. The second kappa shape index (κ2) is 9.45. The Hall–Kier alpha value is -3.63. The van der Waals surface area contributed by atoms with Gasteiger partial charge < -0.3 is 15.5 Å². The molecule has 0 radical (unpaired) electrons. The molecule has 1 saturated heterocycles. The van der Waals surface area contributed by atoms with Crippen molar-refractivity contribution in [1.82, 2.24) is 5.32 Å². The molecule has 0 atom stereocenters. The molecule has 0 spiro atoms. The van der Waals surface area contributed by atoms with Gasteiger partial charge in [-0.2, -0.15) is 0 Å². The molecule has 2 N–H and O–H groups in total. The normalized spacial score (nSPS) is 14.2. The van der Waals surface area contributed by atoms with Crippen molar-refractivity contribution in [3.63, 3.8) is 0 Å². The number of nitro groups is 1. The topological polar surface area (TPSA) is 105 Å². The van der Waals surface area contributed by atoms with Crippen LogP contribution in [-0.2, 0) is 9.59 Å². The SMILES string of the molecule is O=C(CNC(=O)C1CCN(c2ccccc2[N+](=O)[O-])CC1)Nc1ccc(F)c(F)c1F. The molecule has 0 unspecified atom stereocenters. The summed E-state index contributed by atoms with van der Waals surface area (Å²) < 4.78 is 39.7. The Morgan fingerprint density at radius 1 is 1.06 bits per heavy atom. The fourth-order valence-corrected chi connectivity index (χ4v) is 3.40. The summed E-state index contributed by atoms with van der Waals surface area (Å²) >= 11 is 0. The number of nitrogens with zero attached hydrogens (tertiary/aromatic N) is 2. The molecule has 1 aliphatic rings. The van der Waals surface area contributed by atoms with Gasteiger partial charge in [0.05, 0.1) is 17.2 Å². The minimum absolute atomic E-state index is 0.00784. The second-order valence-electron chi connectivity index (χ2n) is 7.00. The highest BCUT2D eigenvalue weighted by Crippen LogP contribution is 2.31. The third kappa shape index (κ3) is 5.11. The zero-order valence-electron chi connectivity index (χ0n) is 16.2. The van der Waals surface area contributed by atoms with Crippen LogP contribution < -0.4 is 15.5 Å². The zero-order chi connectivity index (χ0) is 22.5. The van der Waals surface area contributed by atoms with Crippen molar-refractivity contribution in [3.05, 3.63) is 64.0 Å². The standard InChI is InChI=1S/C20H19F3N4O4/c21-13-5-6-14(19(23)18(13)22)25-17(28)11-24-20(29)12-7-9-26(10-8-12)15-3-1-2-4-16(15)27(30)31/h1-6,12H,7-11H2,(H,24,29)(H,25,28). The van der Waals surface area contributed by atoms with Crippen LogP contribution >= 0.6 is 0 Å². The fraction of sp³-hybridized carbons (Fsp3) is 0.300. The average Bonchev–Trinajstić information content (AvgIpc) is 2.78. The number of benzene rings is 2. The van der Waals surface area contributed by atoms with Gasteiger partial charge in [0.1, 0.15) is 5.69 Å². The number of anilines is 2. The third-order valence-corrected chi connectivity index (χ3v) is 5.02. The molecule has 2 amide bonds. The van der Waals surface area contributed by atoms with Crippen molar-refractivity contribution in [2.24, 2.45) is 5.92 Å². The first-order valence-corrected chi connectivity index (χ1v) is 9.47. The molecule has 1 heterocycles. The van der Waals surface area contributed by atoms with E-state index in [1.54, 1.807) is 18.2 Å². The molecule has 31 heavy (non-hydrogen) atoms. The Balaban J connectivity index is 1.50. The highest BCUT2D eigenvalue weighted by atomic mass is 19.2. The molecule has 11 heteroatoms. The van der Waals surface area contributed by atoms with Crippen molar-refractivity contribution in [2.45, 2.75) is 12.8 Å². The molecule has 0 aromatic heterocycles. The van der Waals surface area contributed by atoms with E-state index in [2.05, 4.69) is 10.6 Å². The number of carbonyl (C=O) groups excluding carboxylic acids is 2. The van der Waals surface area contributed by atoms with Crippen molar-refractivity contribution in [2.75, 3.05) is 29.9 Å². The van der Waals surface area contributed by atoms with Gasteiger partial charge in [-0.25, -0.2) is 13.2 Å². The van der Waals surface area contributed by atoms with Crippen LogP contribution in [0.1, 0.15) is 12.8 Å². The van der Waals surface area contributed by atoms with E-state index < -0.39 is 46.4 Å². The van der Waals surface area contributed by atoms with Crippen molar-refractivity contribution < 1.29 is 27.7 Å². The van der Waals surface area contributed by atoms with Crippen molar-refractivity contribution in [3.8, 4) is 0 Å². The summed E-state index contributed by atoms with van der Waals surface area (Å²) in [6, 6.07) is 7.92. The van der Waals surface area contributed by atoms with E-state index >= 15 is 0 Å². The van der Waals surface area contributed by atoms with Gasteiger partial charge in [0.15, 0.2) is 17.5 Å². The number of rotatable bonds is 6. The number of hydrogen-bond donors (Lipinski definition) is 2. The summed E-state index contributed by atoms with van der Waals surface area (Å²) in [6.07, 6.45) is 0.856. The summed E-state index contributed by atoms with van der Waals surface area (Å²) in [5.41, 5.74) is -0.0539. The number of piperidine rings is 1. The van der Waals surface area contributed by atoms with Crippen LogP contribution in [0, 0.1) is 33.5 Å². The smallest absolute Gasteiger partial charge is 0.292 e. The predicted octanol–water partition coefficient (Wildman–Crippen LogP) is 2.98. The van der Waals surface area contributed by atoms with E-state index in [4.69, 9.17) is 0 Å². The monoisotopic (exact) mass is 436 g/mol. The molecule has 2 aromatic rings. The second-order valence-corrected chi connectivity index (χ2v) is 7.00. The van der Waals surface area contributed by atoms with E-state index in [9.17, 15) is 32.9 Å². The van der Waals surface area contributed by atoms with Gasteiger partial charge in [0.2, 0.25) is 11.8 Å². The first kappa shape index (κ1) is 22.1. The minimum atomic E-state index is -1.70. The Kier molecular flexibility index (Phi) is 6.73. The van der Waals surface area contributed by atoms with Gasteiger partial charge >= 0.3 is 0 Å². The largest absolute Gasteiger partial charge is 0.366 e. The number of nitrogens with one attached hydrogen (secondary N) is 2. The number of para-hydroxylation sites is 2. The summed E-state index contributed by atoms with van der Waals surface area (Å²) in [5.74, 6) is -6.18. The third-order valence-electron chi connectivity index (χ3n) is 5.02. The van der Waals surface area contributed by atoms with Gasteiger partial charge in [0, 0.05) is 25.1 Å². The first-order chi connectivity index (χ1) is 14.8. The maximum absolute atomic E-state index is 13.6. The van der Waals surface area contributed by atoms with Crippen LogP contribution in [0.2, 0.25) is 0 Å². The molecular weight excluding hydrogens is 417 g/mol. The maximum Gasteiger partial charge on any atom is 0.292 e. The van der Waals surface area contributed by atoms with Gasteiger partial charge in [-0.1, -0.05) is 12.1 Å². The number of nitro benzene ring substituents is 1. The summed E-state index contributed by atoms with van der Waals surface area (Å²) in [4.78, 5) is 36.8. The molecule has 164 valence electrons. The van der Waals surface area contributed by atoms with Crippen LogP contribution in [0.5, 0.6) is 0 Å². The van der Waals surface area contributed by atoms with Crippen molar-refractivity contribution >= 4 is 28.9 Å². The number of carbonyl (C=O) groups is 2. The van der Waals surface area contributed by atoms with Crippen LogP contribution in [0.15, 0.2) is 36.4 Å². The van der Waals surface area contributed by atoms with E-state index in [0.29, 0.717) is 37.7 Å². The molecule has 0 aliphatic carbocycles. The highest BCUT2D eigenvalue weighted by molar-refractivity contribution is 5.95. The summed E-state index contributed by atoms with van der Waals surface area (Å²) in [5, 5.41) is 15.7. The lowest BCUT2D eigenvalue weighted by atomic mass is 9.95. The summed E-state index contributed by atoms with van der Waals surface area (Å²) in [7, 11) is 0. The fourth-order valence-electron chi connectivity index (χ4n) is 3.40. The Labute approximate surface area is 175 Å². The van der Waals surface area contributed by atoms with Gasteiger partial charge in [-0.05, 0) is 31.0 Å². The van der Waals surface area contributed by atoms with E-state index in [-0.39, 0.29) is 11.6 Å². The van der Waals surface area contributed by atoms with Gasteiger partial charge in [-0.15, -0.1) is 0 Å². The predicted molar refractivity (Wildman–Crippen MR) is 106 cm³/mol.